The molecule has 1 aliphatic heterocycles. The van der Waals surface area contributed by atoms with Gasteiger partial charge in [-0.05, 0) is 57.6 Å². The van der Waals surface area contributed by atoms with Crippen LogP contribution in [0.15, 0.2) is 24.3 Å². The van der Waals surface area contributed by atoms with Gasteiger partial charge in [0.2, 0.25) is 5.95 Å². The first-order valence-corrected chi connectivity index (χ1v) is 10.4. The van der Waals surface area contributed by atoms with Crippen LogP contribution in [0.4, 0.5) is 5.95 Å². The molecule has 3 atom stereocenters. The van der Waals surface area contributed by atoms with Gasteiger partial charge in [0.25, 0.3) is 5.91 Å². The van der Waals surface area contributed by atoms with E-state index in [0.717, 1.165) is 61.5 Å². The first kappa shape index (κ1) is 17.6. The lowest BCUT2D eigenvalue weighted by atomic mass is 9.89. The van der Waals surface area contributed by atoms with Crippen molar-refractivity contribution in [2.24, 2.45) is 0 Å². The SMILES string of the molecule is C[C@H]1CCN1c1nc2c(c(-c3cccc(C(=O)N[C@H]4CC[C@@H]4O)c3)n1)CCC2. The smallest absolute Gasteiger partial charge is 0.251 e. The third kappa shape index (κ3) is 2.96. The molecular formula is C22H26N4O2. The van der Waals surface area contributed by atoms with E-state index in [4.69, 9.17) is 9.97 Å². The summed E-state index contributed by atoms with van der Waals surface area (Å²) in [6, 6.07) is 8.04. The van der Waals surface area contributed by atoms with Gasteiger partial charge < -0.3 is 15.3 Å². The quantitative estimate of drug-likeness (QED) is 0.855. The fourth-order valence-electron chi connectivity index (χ4n) is 4.31. The molecule has 1 saturated carbocycles. The van der Waals surface area contributed by atoms with Gasteiger partial charge in [0.05, 0.1) is 17.8 Å². The van der Waals surface area contributed by atoms with Crippen molar-refractivity contribution in [1.29, 1.82) is 0 Å². The zero-order valence-electron chi connectivity index (χ0n) is 16.2. The summed E-state index contributed by atoms with van der Waals surface area (Å²) in [7, 11) is 0. The van der Waals surface area contributed by atoms with Crippen LogP contribution in [0.5, 0.6) is 0 Å². The van der Waals surface area contributed by atoms with Gasteiger partial charge in [-0.3, -0.25) is 4.79 Å². The third-order valence-electron chi connectivity index (χ3n) is 6.45. The number of carbonyl (C=O) groups excluding carboxylic acids is 1. The molecule has 6 nitrogen and oxygen atoms in total. The van der Waals surface area contributed by atoms with Gasteiger partial charge in [0.1, 0.15) is 0 Å². The molecule has 1 aromatic heterocycles. The Labute approximate surface area is 165 Å². The average molecular weight is 378 g/mol. The van der Waals surface area contributed by atoms with Crippen molar-refractivity contribution in [3.05, 3.63) is 41.1 Å². The van der Waals surface area contributed by atoms with Crippen molar-refractivity contribution in [2.75, 3.05) is 11.4 Å². The summed E-state index contributed by atoms with van der Waals surface area (Å²) in [5.74, 6) is 0.690. The normalized spacial score (nSPS) is 25.6. The van der Waals surface area contributed by atoms with Gasteiger partial charge in [-0.2, -0.15) is 0 Å². The molecule has 1 saturated heterocycles. The predicted octanol–water partition coefficient (Wildman–Crippen LogP) is 2.48. The van der Waals surface area contributed by atoms with Gasteiger partial charge in [0.15, 0.2) is 0 Å². The fourth-order valence-corrected chi connectivity index (χ4v) is 4.31. The molecule has 2 heterocycles. The minimum absolute atomic E-state index is 0.126. The highest BCUT2D eigenvalue weighted by atomic mass is 16.3. The molecule has 2 fully saturated rings. The number of aryl methyl sites for hydroxylation is 1. The van der Waals surface area contributed by atoms with E-state index in [-0.39, 0.29) is 11.9 Å². The van der Waals surface area contributed by atoms with Crippen molar-refractivity contribution in [3.8, 4) is 11.3 Å². The third-order valence-corrected chi connectivity index (χ3v) is 6.45. The highest BCUT2D eigenvalue weighted by Crippen LogP contribution is 2.34. The van der Waals surface area contributed by atoms with Crippen molar-refractivity contribution < 1.29 is 9.90 Å². The zero-order valence-corrected chi connectivity index (χ0v) is 16.2. The van der Waals surface area contributed by atoms with Crippen LogP contribution in [0.2, 0.25) is 0 Å². The van der Waals surface area contributed by atoms with Crippen LogP contribution in [0.25, 0.3) is 11.3 Å². The van der Waals surface area contributed by atoms with Gasteiger partial charge in [0, 0.05) is 35.0 Å². The second kappa shape index (κ2) is 6.85. The van der Waals surface area contributed by atoms with E-state index in [0.29, 0.717) is 11.6 Å². The average Bonchev–Trinajstić information content (AvgIpc) is 3.17. The molecule has 0 bridgehead atoms. The summed E-state index contributed by atoms with van der Waals surface area (Å²) in [5, 5.41) is 12.7. The van der Waals surface area contributed by atoms with Crippen LogP contribution in [0.3, 0.4) is 0 Å². The Hall–Kier alpha value is -2.47. The number of carbonyl (C=O) groups is 1. The number of aliphatic hydroxyl groups excluding tert-OH is 1. The summed E-state index contributed by atoms with van der Waals surface area (Å²) in [6.07, 6.45) is 5.46. The fraction of sp³-hybridized carbons (Fsp3) is 0.500. The van der Waals surface area contributed by atoms with E-state index >= 15 is 0 Å². The predicted molar refractivity (Wildman–Crippen MR) is 107 cm³/mol. The molecule has 2 aromatic rings. The summed E-state index contributed by atoms with van der Waals surface area (Å²) < 4.78 is 0. The van der Waals surface area contributed by atoms with Gasteiger partial charge in [-0.25, -0.2) is 9.97 Å². The number of rotatable bonds is 4. The number of amides is 1. The largest absolute Gasteiger partial charge is 0.391 e. The number of benzene rings is 1. The zero-order chi connectivity index (χ0) is 19.3. The maximum Gasteiger partial charge on any atom is 0.251 e. The number of aliphatic hydroxyl groups is 1. The monoisotopic (exact) mass is 378 g/mol. The Morgan fingerprint density at radius 1 is 1.21 bits per heavy atom. The van der Waals surface area contributed by atoms with Gasteiger partial charge >= 0.3 is 0 Å². The lowest BCUT2D eigenvalue weighted by molar-refractivity contribution is 0.0447. The molecule has 2 aliphatic carbocycles. The maximum absolute atomic E-state index is 12.6. The number of fused-ring (bicyclic) bond motifs is 1. The molecule has 0 radical (unpaired) electrons. The second-order valence-electron chi connectivity index (χ2n) is 8.29. The number of nitrogens with one attached hydrogen (secondary N) is 1. The van der Waals surface area contributed by atoms with Crippen molar-refractivity contribution in [2.45, 2.75) is 63.6 Å². The van der Waals surface area contributed by atoms with Crippen LogP contribution < -0.4 is 10.2 Å². The minimum Gasteiger partial charge on any atom is -0.391 e. The van der Waals surface area contributed by atoms with Gasteiger partial charge in [-0.15, -0.1) is 0 Å². The Kier molecular flexibility index (Phi) is 4.31. The lowest BCUT2D eigenvalue weighted by Crippen LogP contribution is -2.50. The van der Waals surface area contributed by atoms with Crippen LogP contribution in [-0.4, -0.2) is 45.7 Å². The highest BCUT2D eigenvalue weighted by molar-refractivity contribution is 5.95. The highest BCUT2D eigenvalue weighted by Gasteiger charge is 2.31. The number of aromatic nitrogens is 2. The maximum atomic E-state index is 12.6. The van der Waals surface area contributed by atoms with E-state index < -0.39 is 6.10 Å². The van der Waals surface area contributed by atoms with Crippen LogP contribution in [0, 0.1) is 0 Å². The summed E-state index contributed by atoms with van der Waals surface area (Å²) in [5.41, 5.74) is 4.93. The molecule has 1 aromatic carbocycles. The van der Waals surface area contributed by atoms with Crippen molar-refractivity contribution >= 4 is 11.9 Å². The standard InChI is InChI=1S/C22H26N4O2/c1-13-10-11-26(13)22-24-17-7-3-6-16(17)20(25-22)14-4-2-5-15(12-14)21(28)23-18-8-9-19(18)27/h2,4-5,12-13,18-19,27H,3,6-11H2,1H3,(H,23,28)/t13-,18-,19-/m0/s1. The van der Waals surface area contributed by atoms with Crippen molar-refractivity contribution in [3.63, 3.8) is 0 Å². The molecule has 2 N–H and O–H groups in total. The minimum atomic E-state index is -0.418. The molecular weight excluding hydrogens is 352 g/mol. The Morgan fingerprint density at radius 2 is 2.11 bits per heavy atom. The van der Waals surface area contributed by atoms with E-state index in [1.807, 2.05) is 24.3 Å². The van der Waals surface area contributed by atoms with E-state index in [1.165, 1.54) is 12.0 Å². The molecule has 146 valence electrons. The first-order chi connectivity index (χ1) is 13.6. The molecule has 1 amide bonds. The molecule has 0 unspecified atom stereocenters. The van der Waals surface area contributed by atoms with E-state index in [9.17, 15) is 9.90 Å². The molecule has 5 rings (SSSR count). The molecule has 0 spiro atoms. The van der Waals surface area contributed by atoms with Crippen LogP contribution in [0.1, 0.15) is 54.2 Å². The molecule has 3 aliphatic rings. The summed E-state index contributed by atoms with van der Waals surface area (Å²) in [4.78, 5) is 24.7. The second-order valence-corrected chi connectivity index (χ2v) is 8.29. The molecule has 6 heteroatoms. The van der Waals surface area contributed by atoms with E-state index in [1.54, 1.807) is 0 Å². The number of hydrogen-bond acceptors (Lipinski definition) is 5. The van der Waals surface area contributed by atoms with Crippen LogP contribution in [-0.2, 0) is 12.8 Å². The Balaban J connectivity index is 1.48. The lowest BCUT2D eigenvalue weighted by Gasteiger charge is -2.39. The van der Waals surface area contributed by atoms with E-state index in [2.05, 4.69) is 17.1 Å². The first-order valence-electron chi connectivity index (χ1n) is 10.4. The summed E-state index contributed by atoms with van der Waals surface area (Å²) in [6.45, 7) is 3.21. The number of hydrogen-bond donors (Lipinski definition) is 2. The number of anilines is 1. The Morgan fingerprint density at radius 3 is 2.79 bits per heavy atom. The Bertz CT molecular complexity index is 929. The summed E-state index contributed by atoms with van der Waals surface area (Å²) >= 11 is 0. The van der Waals surface area contributed by atoms with Gasteiger partial charge in [-0.1, -0.05) is 12.1 Å². The topological polar surface area (TPSA) is 78.4 Å². The number of nitrogens with zero attached hydrogens (tertiary/aromatic N) is 3. The molecule has 28 heavy (non-hydrogen) atoms. The van der Waals surface area contributed by atoms with Crippen LogP contribution >= 0.6 is 0 Å². The van der Waals surface area contributed by atoms with Crippen molar-refractivity contribution in [1.82, 2.24) is 15.3 Å².